The standard InChI is InChI=1S/C17H20ClN3O2S/c1-3-23-14-6-4-12(10-15(14)22-2)8-9-19-17(24)21-16-7-5-13(18)11-20-16/h4-7,10-11H,3,8-9H2,1-2H3,(H2,19,20,21,24). The number of benzene rings is 1. The summed E-state index contributed by atoms with van der Waals surface area (Å²) in [6.07, 6.45) is 2.37. The average molecular weight is 366 g/mol. The Bertz CT molecular complexity index is 680. The Morgan fingerprint density at radius 3 is 2.75 bits per heavy atom. The molecule has 0 saturated carbocycles. The van der Waals surface area contributed by atoms with E-state index in [2.05, 4.69) is 15.6 Å². The number of nitrogens with one attached hydrogen (secondary N) is 2. The SMILES string of the molecule is CCOc1ccc(CCNC(=S)Nc2ccc(Cl)cn2)cc1OC. The fourth-order valence-electron chi connectivity index (χ4n) is 2.07. The van der Waals surface area contributed by atoms with Gasteiger partial charge in [-0.25, -0.2) is 4.98 Å². The van der Waals surface area contributed by atoms with E-state index in [1.54, 1.807) is 25.4 Å². The van der Waals surface area contributed by atoms with Gasteiger partial charge in [0.25, 0.3) is 0 Å². The van der Waals surface area contributed by atoms with Gasteiger partial charge >= 0.3 is 0 Å². The van der Waals surface area contributed by atoms with Gasteiger partial charge in [0.05, 0.1) is 18.7 Å². The van der Waals surface area contributed by atoms with E-state index < -0.39 is 0 Å². The van der Waals surface area contributed by atoms with E-state index >= 15 is 0 Å². The smallest absolute Gasteiger partial charge is 0.171 e. The molecule has 0 unspecified atom stereocenters. The van der Waals surface area contributed by atoms with Gasteiger partial charge in [-0.2, -0.15) is 0 Å². The average Bonchev–Trinajstić information content (AvgIpc) is 2.58. The lowest BCUT2D eigenvalue weighted by Crippen LogP contribution is -2.30. The van der Waals surface area contributed by atoms with Crippen LogP contribution in [-0.2, 0) is 6.42 Å². The summed E-state index contributed by atoms with van der Waals surface area (Å²) in [4.78, 5) is 4.13. The summed E-state index contributed by atoms with van der Waals surface area (Å²) in [5.41, 5.74) is 1.13. The van der Waals surface area contributed by atoms with E-state index in [4.69, 9.17) is 33.3 Å². The van der Waals surface area contributed by atoms with E-state index in [0.717, 1.165) is 23.5 Å². The molecule has 1 aromatic heterocycles. The Hall–Kier alpha value is -2.05. The Labute approximate surface area is 152 Å². The van der Waals surface area contributed by atoms with E-state index in [9.17, 15) is 0 Å². The van der Waals surface area contributed by atoms with Crippen molar-refractivity contribution < 1.29 is 9.47 Å². The highest BCUT2D eigenvalue weighted by molar-refractivity contribution is 7.80. The molecule has 7 heteroatoms. The molecular weight excluding hydrogens is 346 g/mol. The lowest BCUT2D eigenvalue weighted by molar-refractivity contribution is 0.310. The van der Waals surface area contributed by atoms with Crippen LogP contribution in [0.1, 0.15) is 12.5 Å². The zero-order valence-electron chi connectivity index (χ0n) is 13.6. The van der Waals surface area contributed by atoms with Crippen LogP contribution in [0, 0.1) is 0 Å². The number of halogens is 1. The Morgan fingerprint density at radius 2 is 2.08 bits per heavy atom. The summed E-state index contributed by atoms with van der Waals surface area (Å²) in [5, 5.41) is 7.26. The molecule has 0 aliphatic carbocycles. The number of thiocarbonyl (C=S) groups is 1. The van der Waals surface area contributed by atoms with E-state index in [1.807, 2.05) is 25.1 Å². The lowest BCUT2D eigenvalue weighted by Gasteiger charge is -2.12. The van der Waals surface area contributed by atoms with Gasteiger partial charge in [0.2, 0.25) is 0 Å². The van der Waals surface area contributed by atoms with E-state index in [1.165, 1.54) is 0 Å². The monoisotopic (exact) mass is 365 g/mol. The molecule has 0 amide bonds. The summed E-state index contributed by atoms with van der Waals surface area (Å²) in [5.74, 6) is 2.14. The molecule has 2 N–H and O–H groups in total. The third-order valence-electron chi connectivity index (χ3n) is 3.20. The van der Waals surface area contributed by atoms with Crippen LogP contribution >= 0.6 is 23.8 Å². The number of methoxy groups -OCH3 is 1. The molecule has 0 spiro atoms. The molecule has 0 saturated heterocycles. The fourth-order valence-corrected chi connectivity index (χ4v) is 2.39. The molecule has 0 atom stereocenters. The highest BCUT2D eigenvalue weighted by Crippen LogP contribution is 2.28. The molecular formula is C17H20ClN3O2S. The number of hydrogen-bond donors (Lipinski definition) is 2. The van der Waals surface area contributed by atoms with Gasteiger partial charge in [-0.1, -0.05) is 17.7 Å². The quantitative estimate of drug-likeness (QED) is 0.730. The van der Waals surface area contributed by atoms with Crippen molar-refractivity contribution in [2.24, 2.45) is 0 Å². The minimum Gasteiger partial charge on any atom is -0.493 e. The Kier molecular flexibility index (Phi) is 7.08. The number of rotatable bonds is 7. The second kappa shape index (κ2) is 9.30. The predicted octanol–water partition coefficient (Wildman–Crippen LogP) is 3.67. The third kappa shape index (κ3) is 5.54. The maximum atomic E-state index is 5.80. The minimum absolute atomic E-state index is 0.516. The number of aromatic nitrogens is 1. The number of ether oxygens (including phenoxy) is 2. The molecule has 2 rings (SSSR count). The van der Waals surface area contributed by atoms with E-state index in [0.29, 0.717) is 29.1 Å². The van der Waals surface area contributed by atoms with Crippen LogP contribution in [0.5, 0.6) is 11.5 Å². The number of hydrogen-bond acceptors (Lipinski definition) is 4. The molecule has 0 aliphatic rings. The zero-order chi connectivity index (χ0) is 17.4. The number of anilines is 1. The lowest BCUT2D eigenvalue weighted by atomic mass is 10.1. The van der Waals surface area contributed by atoms with Crippen LogP contribution in [0.25, 0.3) is 0 Å². The van der Waals surface area contributed by atoms with Crippen LogP contribution in [0.2, 0.25) is 5.02 Å². The summed E-state index contributed by atoms with van der Waals surface area (Å²) in [6.45, 7) is 3.24. The molecule has 0 bridgehead atoms. The molecule has 24 heavy (non-hydrogen) atoms. The summed E-state index contributed by atoms with van der Waals surface area (Å²) < 4.78 is 10.9. The first-order valence-corrected chi connectivity index (χ1v) is 8.37. The molecule has 1 aromatic carbocycles. The van der Waals surface area contributed by atoms with Crippen molar-refractivity contribution in [3.63, 3.8) is 0 Å². The molecule has 128 valence electrons. The van der Waals surface area contributed by atoms with Crippen LogP contribution in [0.3, 0.4) is 0 Å². The van der Waals surface area contributed by atoms with Crippen molar-refractivity contribution in [2.45, 2.75) is 13.3 Å². The van der Waals surface area contributed by atoms with Crippen molar-refractivity contribution in [2.75, 3.05) is 25.6 Å². The van der Waals surface area contributed by atoms with Crippen molar-refractivity contribution in [3.8, 4) is 11.5 Å². The van der Waals surface area contributed by atoms with Crippen molar-refractivity contribution in [1.29, 1.82) is 0 Å². The molecule has 1 heterocycles. The topological polar surface area (TPSA) is 55.4 Å². The number of nitrogens with zero attached hydrogens (tertiary/aromatic N) is 1. The normalized spacial score (nSPS) is 10.1. The van der Waals surface area contributed by atoms with Crippen molar-refractivity contribution in [3.05, 3.63) is 47.1 Å². The number of pyridine rings is 1. The Morgan fingerprint density at radius 1 is 1.25 bits per heavy atom. The van der Waals surface area contributed by atoms with Crippen LogP contribution < -0.4 is 20.1 Å². The molecule has 0 radical (unpaired) electrons. The maximum Gasteiger partial charge on any atom is 0.171 e. The van der Waals surface area contributed by atoms with Crippen molar-refractivity contribution >= 4 is 34.7 Å². The summed E-state index contributed by atoms with van der Waals surface area (Å²) in [6, 6.07) is 9.45. The highest BCUT2D eigenvalue weighted by atomic mass is 35.5. The van der Waals surface area contributed by atoms with Gasteiger partial charge in [-0.05, 0) is 55.4 Å². The first-order chi connectivity index (χ1) is 11.6. The maximum absolute atomic E-state index is 5.80. The second-order valence-electron chi connectivity index (χ2n) is 4.91. The summed E-state index contributed by atoms with van der Waals surface area (Å²) >= 11 is 11.0. The molecule has 5 nitrogen and oxygen atoms in total. The largest absolute Gasteiger partial charge is 0.493 e. The van der Waals surface area contributed by atoms with Gasteiger partial charge in [0, 0.05) is 12.7 Å². The van der Waals surface area contributed by atoms with Crippen LogP contribution in [-0.4, -0.2) is 30.4 Å². The fraction of sp³-hybridized carbons (Fsp3) is 0.294. The third-order valence-corrected chi connectivity index (χ3v) is 3.67. The molecule has 0 fully saturated rings. The molecule has 2 aromatic rings. The predicted molar refractivity (Wildman–Crippen MR) is 101 cm³/mol. The first kappa shape index (κ1) is 18.3. The van der Waals surface area contributed by atoms with E-state index in [-0.39, 0.29) is 0 Å². The minimum atomic E-state index is 0.516. The zero-order valence-corrected chi connectivity index (χ0v) is 15.2. The summed E-state index contributed by atoms with van der Waals surface area (Å²) in [7, 11) is 1.64. The molecule has 0 aliphatic heterocycles. The first-order valence-electron chi connectivity index (χ1n) is 7.58. The van der Waals surface area contributed by atoms with Crippen LogP contribution in [0.4, 0.5) is 5.82 Å². The van der Waals surface area contributed by atoms with Gasteiger partial charge in [0.1, 0.15) is 5.82 Å². The second-order valence-corrected chi connectivity index (χ2v) is 5.76. The van der Waals surface area contributed by atoms with Gasteiger partial charge in [-0.15, -0.1) is 0 Å². The highest BCUT2D eigenvalue weighted by Gasteiger charge is 2.05. The van der Waals surface area contributed by atoms with Crippen molar-refractivity contribution in [1.82, 2.24) is 10.3 Å². The Balaban J connectivity index is 1.82. The van der Waals surface area contributed by atoms with Gasteiger partial charge in [0.15, 0.2) is 16.6 Å². The van der Waals surface area contributed by atoms with Gasteiger partial charge < -0.3 is 20.1 Å². The van der Waals surface area contributed by atoms with Crippen LogP contribution in [0.15, 0.2) is 36.5 Å². The van der Waals surface area contributed by atoms with Gasteiger partial charge in [-0.3, -0.25) is 0 Å².